The molecule has 0 aromatic heterocycles. The first-order chi connectivity index (χ1) is 7.17. The van der Waals surface area contributed by atoms with Crippen molar-refractivity contribution in [2.45, 2.75) is 32.7 Å². The van der Waals surface area contributed by atoms with E-state index in [0.717, 1.165) is 25.1 Å². The second kappa shape index (κ2) is 9.04. The van der Waals surface area contributed by atoms with Gasteiger partial charge in [-0.15, -0.1) is 0 Å². The molecule has 1 atom stereocenters. The topological polar surface area (TPSA) is 29.5 Å². The van der Waals surface area contributed by atoms with E-state index < -0.39 is 0 Å². The van der Waals surface area contributed by atoms with Crippen LogP contribution in [0.2, 0.25) is 0 Å². The summed E-state index contributed by atoms with van der Waals surface area (Å²) in [6.45, 7) is 5.34. The lowest BCUT2D eigenvalue weighted by atomic mass is 10.1. The number of hydrogen-bond donors (Lipinski definition) is 0. The van der Waals surface area contributed by atoms with Gasteiger partial charge < -0.3 is 4.74 Å². The van der Waals surface area contributed by atoms with Gasteiger partial charge >= 0.3 is 5.97 Å². The number of rotatable bonds is 8. The molecule has 0 aliphatic heterocycles. The number of hydrogen-bond acceptors (Lipinski definition) is 4. The minimum atomic E-state index is -0.0806. The lowest BCUT2D eigenvalue weighted by Crippen LogP contribution is -2.40. The van der Waals surface area contributed by atoms with Gasteiger partial charge in [0, 0.05) is 12.3 Å². The lowest BCUT2D eigenvalue weighted by molar-refractivity contribution is -0.149. The zero-order valence-corrected chi connectivity index (χ0v) is 11.1. The third-order valence-electron chi connectivity index (χ3n) is 2.30. The first-order valence-electron chi connectivity index (χ1n) is 5.53. The van der Waals surface area contributed by atoms with E-state index in [2.05, 4.69) is 18.1 Å². The molecule has 0 bridgehead atoms. The molecule has 0 radical (unpaired) electrons. The van der Waals surface area contributed by atoms with Crippen LogP contribution in [-0.2, 0) is 9.53 Å². The van der Waals surface area contributed by atoms with E-state index in [1.165, 1.54) is 0 Å². The van der Waals surface area contributed by atoms with Gasteiger partial charge in [0.2, 0.25) is 0 Å². The van der Waals surface area contributed by atoms with Crippen LogP contribution >= 0.6 is 11.8 Å². The van der Waals surface area contributed by atoms with E-state index >= 15 is 0 Å². The Morgan fingerprint density at radius 2 is 2.13 bits per heavy atom. The van der Waals surface area contributed by atoms with Crippen LogP contribution in [0.15, 0.2) is 0 Å². The Hall–Kier alpha value is -0.220. The number of ether oxygens (including phenoxy) is 1. The molecular weight excluding hydrogens is 210 g/mol. The van der Waals surface area contributed by atoms with Crippen LogP contribution in [0.5, 0.6) is 0 Å². The summed E-state index contributed by atoms with van der Waals surface area (Å²) in [5.74, 6) is 0.971. The highest BCUT2D eigenvalue weighted by atomic mass is 32.2. The second-order valence-corrected chi connectivity index (χ2v) is 4.52. The van der Waals surface area contributed by atoms with Crippen LogP contribution < -0.4 is 0 Å². The Kier molecular flexibility index (Phi) is 8.91. The molecular formula is C11H23NO2S. The minimum absolute atomic E-state index is 0.0675. The smallest absolute Gasteiger partial charge is 0.323 e. The third kappa shape index (κ3) is 6.05. The molecule has 90 valence electrons. The number of carbonyl (C=O) groups is 1. The van der Waals surface area contributed by atoms with Crippen molar-refractivity contribution in [2.75, 3.05) is 32.2 Å². The highest BCUT2D eigenvalue weighted by molar-refractivity contribution is 7.98. The van der Waals surface area contributed by atoms with E-state index in [0.29, 0.717) is 6.61 Å². The number of nitrogens with zero attached hydrogens (tertiary/aromatic N) is 1. The van der Waals surface area contributed by atoms with E-state index in [4.69, 9.17) is 4.74 Å². The molecule has 1 unspecified atom stereocenters. The van der Waals surface area contributed by atoms with Gasteiger partial charge in [-0.2, -0.15) is 11.8 Å². The Balaban J connectivity index is 4.16. The van der Waals surface area contributed by atoms with Crippen molar-refractivity contribution in [1.29, 1.82) is 0 Å². The number of thioether (sulfide) groups is 1. The van der Waals surface area contributed by atoms with Gasteiger partial charge in [0.15, 0.2) is 0 Å². The van der Waals surface area contributed by atoms with Crippen LogP contribution in [0.25, 0.3) is 0 Å². The summed E-state index contributed by atoms with van der Waals surface area (Å²) in [6.07, 6.45) is 3.96. The monoisotopic (exact) mass is 233 g/mol. The molecule has 0 fully saturated rings. The molecule has 0 spiro atoms. The normalized spacial score (nSPS) is 12.9. The average molecular weight is 233 g/mol. The number of likely N-dealkylation sites (N-methyl/N-ethyl adjacent to an activating group) is 1. The summed E-state index contributed by atoms with van der Waals surface area (Å²) in [7, 11) is 1.99. The molecule has 0 saturated carbocycles. The first kappa shape index (κ1) is 14.8. The van der Waals surface area contributed by atoms with E-state index in [1.54, 1.807) is 11.8 Å². The van der Waals surface area contributed by atoms with Crippen LogP contribution in [0.4, 0.5) is 0 Å². The molecule has 0 amide bonds. The summed E-state index contributed by atoms with van der Waals surface area (Å²) in [6, 6.07) is -0.0675. The maximum Gasteiger partial charge on any atom is 0.323 e. The minimum Gasteiger partial charge on any atom is -0.465 e. The van der Waals surface area contributed by atoms with Crippen molar-refractivity contribution >= 4 is 17.7 Å². The molecule has 4 heteroatoms. The SMILES string of the molecule is CCCC(C(=O)OCC)N(C)CCSC. The van der Waals surface area contributed by atoms with Gasteiger partial charge in [0.05, 0.1) is 6.61 Å². The average Bonchev–Trinajstić information content (AvgIpc) is 2.22. The Bertz CT molecular complexity index is 176. The van der Waals surface area contributed by atoms with Crippen LogP contribution in [-0.4, -0.2) is 49.1 Å². The fraction of sp³-hybridized carbons (Fsp3) is 0.909. The van der Waals surface area contributed by atoms with Crippen LogP contribution in [0, 0.1) is 0 Å². The van der Waals surface area contributed by atoms with Crippen molar-refractivity contribution in [1.82, 2.24) is 4.90 Å². The summed E-state index contributed by atoms with van der Waals surface area (Å²) < 4.78 is 5.07. The molecule has 0 aliphatic carbocycles. The Morgan fingerprint density at radius 3 is 2.60 bits per heavy atom. The van der Waals surface area contributed by atoms with Gasteiger partial charge in [-0.3, -0.25) is 9.69 Å². The molecule has 0 N–H and O–H groups in total. The summed E-state index contributed by atoms with van der Waals surface area (Å²) >= 11 is 1.80. The van der Waals surface area contributed by atoms with Crippen LogP contribution in [0.3, 0.4) is 0 Å². The van der Waals surface area contributed by atoms with Crippen molar-refractivity contribution in [2.24, 2.45) is 0 Å². The summed E-state index contributed by atoms with van der Waals surface area (Å²) in [5, 5.41) is 0. The molecule has 15 heavy (non-hydrogen) atoms. The predicted molar refractivity (Wildman–Crippen MR) is 66.3 cm³/mol. The van der Waals surface area contributed by atoms with Crippen molar-refractivity contribution < 1.29 is 9.53 Å². The Labute approximate surface area is 97.5 Å². The molecule has 0 aromatic rings. The fourth-order valence-electron chi connectivity index (χ4n) is 1.42. The molecule has 0 aromatic carbocycles. The highest BCUT2D eigenvalue weighted by Crippen LogP contribution is 2.08. The van der Waals surface area contributed by atoms with Gasteiger partial charge in [-0.1, -0.05) is 13.3 Å². The van der Waals surface area contributed by atoms with Crippen molar-refractivity contribution in [3.8, 4) is 0 Å². The van der Waals surface area contributed by atoms with Crippen molar-refractivity contribution in [3.63, 3.8) is 0 Å². The maximum absolute atomic E-state index is 11.7. The number of carbonyl (C=O) groups excluding carboxylic acids is 1. The lowest BCUT2D eigenvalue weighted by Gasteiger charge is -2.25. The van der Waals surface area contributed by atoms with Gasteiger partial charge in [0.1, 0.15) is 6.04 Å². The first-order valence-corrected chi connectivity index (χ1v) is 6.92. The molecule has 0 saturated heterocycles. The quantitative estimate of drug-likeness (QED) is 0.600. The largest absolute Gasteiger partial charge is 0.465 e. The van der Waals surface area contributed by atoms with E-state index in [1.807, 2.05) is 14.0 Å². The van der Waals surface area contributed by atoms with E-state index in [-0.39, 0.29) is 12.0 Å². The third-order valence-corrected chi connectivity index (χ3v) is 2.89. The zero-order valence-electron chi connectivity index (χ0n) is 10.3. The zero-order chi connectivity index (χ0) is 11.7. The van der Waals surface area contributed by atoms with Crippen molar-refractivity contribution in [3.05, 3.63) is 0 Å². The summed E-state index contributed by atoms with van der Waals surface area (Å²) in [5.41, 5.74) is 0. The van der Waals surface area contributed by atoms with Gasteiger partial charge in [-0.25, -0.2) is 0 Å². The highest BCUT2D eigenvalue weighted by Gasteiger charge is 2.22. The molecule has 0 heterocycles. The second-order valence-electron chi connectivity index (χ2n) is 3.53. The maximum atomic E-state index is 11.7. The van der Waals surface area contributed by atoms with Gasteiger partial charge in [-0.05, 0) is 26.6 Å². The van der Waals surface area contributed by atoms with Gasteiger partial charge in [0.25, 0.3) is 0 Å². The van der Waals surface area contributed by atoms with E-state index in [9.17, 15) is 4.79 Å². The predicted octanol–water partition coefficient (Wildman–Crippen LogP) is 2.01. The molecule has 0 aliphatic rings. The molecule has 0 rings (SSSR count). The molecule has 3 nitrogen and oxygen atoms in total. The standard InChI is InChI=1S/C11H23NO2S/c1-5-7-10(11(13)14-6-2)12(3)8-9-15-4/h10H,5-9H2,1-4H3. The fourth-order valence-corrected chi connectivity index (χ4v) is 1.89. The summed E-state index contributed by atoms with van der Waals surface area (Å²) in [4.78, 5) is 13.8. The van der Waals surface area contributed by atoms with Crippen LogP contribution in [0.1, 0.15) is 26.7 Å². The number of esters is 1. The Morgan fingerprint density at radius 1 is 1.47 bits per heavy atom.